The van der Waals surface area contributed by atoms with E-state index >= 15 is 0 Å². The molecule has 0 unspecified atom stereocenters. The maximum Gasteiger partial charge on any atom is 0.155 e. The minimum absolute atomic E-state index is 0.311. The van der Waals surface area contributed by atoms with Crippen LogP contribution in [0.25, 0.3) is 0 Å². The number of fused-ring (bicyclic) bond motifs is 3. The SMILES string of the molecule is C[C@@]12C=CC3=CC(=O)CC[C@H]3[C@H]1CC=CC2. The molecular weight excluding hydrogens is 196 g/mol. The molecule has 0 amide bonds. The van der Waals surface area contributed by atoms with E-state index in [1.54, 1.807) is 0 Å². The van der Waals surface area contributed by atoms with Gasteiger partial charge in [-0.05, 0) is 48.2 Å². The van der Waals surface area contributed by atoms with Crippen molar-refractivity contribution in [3.05, 3.63) is 36.0 Å². The van der Waals surface area contributed by atoms with Crippen molar-refractivity contribution in [1.29, 1.82) is 0 Å². The first kappa shape index (κ1) is 10.1. The fourth-order valence-electron chi connectivity index (χ4n) is 3.54. The van der Waals surface area contributed by atoms with Gasteiger partial charge < -0.3 is 0 Å². The summed E-state index contributed by atoms with van der Waals surface area (Å²) in [5.74, 6) is 1.64. The molecule has 3 rings (SSSR count). The number of ketones is 1. The summed E-state index contributed by atoms with van der Waals surface area (Å²) in [6.07, 6.45) is 15.2. The van der Waals surface area contributed by atoms with E-state index in [2.05, 4.69) is 31.2 Å². The Morgan fingerprint density at radius 2 is 2.25 bits per heavy atom. The molecule has 3 atom stereocenters. The van der Waals surface area contributed by atoms with E-state index in [4.69, 9.17) is 0 Å². The van der Waals surface area contributed by atoms with Crippen LogP contribution in [-0.2, 0) is 4.79 Å². The molecule has 0 aromatic rings. The summed E-state index contributed by atoms with van der Waals surface area (Å²) < 4.78 is 0. The van der Waals surface area contributed by atoms with Gasteiger partial charge in [0.25, 0.3) is 0 Å². The Kier molecular flexibility index (Phi) is 2.17. The monoisotopic (exact) mass is 214 g/mol. The molecule has 0 radical (unpaired) electrons. The van der Waals surface area contributed by atoms with Crippen molar-refractivity contribution >= 4 is 5.78 Å². The minimum Gasteiger partial charge on any atom is -0.295 e. The summed E-state index contributed by atoms with van der Waals surface area (Å²) in [6.45, 7) is 2.37. The molecule has 0 aromatic carbocycles. The van der Waals surface area contributed by atoms with Crippen molar-refractivity contribution in [2.24, 2.45) is 17.3 Å². The summed E-state index contributed by atoms with van der Waals surface area (Å²) in [4.78, 5) is 11.4. The smallest absolute Gasteiger partial charge is 0.155 e. The quantitative estimate of drug-likeness (QED) is 0.565. The lowest BCUT2D eigenvalue weighted by Crippen LogP contribution is -2.37. The largest absolute Gasteiger partial charge is 0.295 e. The van der Waals surface area contributed by atoms with Gasteiger partial charge in [0.15, 0.2) is 5.78 Å². The van der Waals surface area contributed by atoms with Crippen LogP contribution in [-0.4, -0.2) is 5.78 Å². The normalized spacial score (nSPS) is 41.3. The molecule has 1 nitrogen and oxygen atoms in total. The molecule has 0 heterocycles. The van der Waals surface area contributed by atoms with E-state index < -0.39 is 0 Å². The van der Waals surface area contributed by atoms with Gasteiger partial charge >= 0.3 is 0 Å². The van der Waals surface area contributed by atoms with Gasteiger partial charge in [-0.2, -0.15) is 0 Å². The van der Waals surface area contributed by atoms with E-state index in [0.717, 1.165) is 19.3 Å². The lowest BCUT2D eigenvalue weighted by atomic mass is 9.58. The van der Waals surface area contributed by atoms with Gasteiger partial charge in [0.2, 0.25) is 0 Å². The van der Waals surface area contributed by atoms with Gasteiger partial charge in [0.05, 0.1) is 0 Å². The number of allylic oxidation sites excluding steroid dienone is 6. The lowest BCUT2D eigenvalue weighted by Gasteiger charge is -2.46. The average Bonchev–Trinajstić information content (AvgIpc) is 2.28. The van der Waals surface area contributed by atoms with Gasteiger partial charge in [-0.3, -0.25) is 4.79 Å². The number of carbonyl (C=O) groups excluding carboxylic acids is 1. The average molecular weight is 214 g/mol. The molecular formula is C15H18O. The first-order valence-corrected chi connectivity index (χ1v) is 6.28. The Bertz CT molecular complexity index is 413. The first-order valence-electron chi connectivity index (χ1n) is 6.28. The van der Waals surface area contributed by atoms with E-state index in [9.17, 15) is 4.79 Å². The highest BCUT2D eigenvalue weighted by molar-refractivity contribution is 5.92. The second kappa shape index (κ2) is 3.44. The van der Waals surface area contributed by atoms with Crippen LogP contribution in [0, 0.1) is 17.3 Å². The van der Waals surface area contributed by atoms with Gasteiger partial charge in [-0.15, -0.1) is 0 Å². The molecule has 0 saturated heterocycles. The number of rotatable bonds is 0. The molecule has 0 spiro atoms. The Morgan fingerprint density at radius 1 is 1.38 bits per heavy atom. The summed E-state index contributed by atoms with van der Waals surface area (Å²) in [7, 11) is 0. The first-order chi connectivity index (χ1) is 7.69. The molecule has 0 N–H and O–H groups in total. The zero-order valence-electron chi connectivity index (χ0n) is 9.78. The predicted octanol–water partition coefficient (Wildman–Crippen LogP) is 3.43. The summed E-state index contributed by atoms with van der Waals surface area (Å²) in [5, 5.41) is 0. The van der Waals surface area contributed by atoms with Crippen LogP contribution >= 0.6 is 0 Å². The predicted molar refractivity (Wildman–Crippen MR) is 64.9 cm³/mol. The molecule has 0 bridgehead atoms. The maximum absolute atomic E-state index is 11.4. The van der Waals surface area contributed by atoms with E-state index in [1.807, 2.05) is 6.08 Å². The van der Waals surface area contributed by atoms with E-state index in [1.165, 1.54) is 12.0 Å². The summed E-state index contributed by atoms with van der Waals surface area (Å²) in [5.41, 5.74) is 1.62. The summed E-state index contributed by atoms with van der Waals surface area (Å²) >= 11 is 0. The molecule has 0 aliphatic heterocycles. The second-order valence-corrected chi connectivity index (χ2v) is 5.61. The molecule has 1 heteroatoms. The third-order valence-corrected chi connectivity index (χ3v) is 4.56. The van der Waals surface area contributed by atoms with Crippen LogP contribution in [0.3, 0.4) is 0 Å². The molecule has 0 aromatic heterocycles. The van der Waals surface area contributed by atoms with Gasteiger partial charge in [-0.1, -0.05) is 31.2 Å². The van der Waals surface area contributed by atoms with Crippen molar-refractivity contribution in [2.45, 2.75) is 32.6 Å². The third-order valence-electron chi connectivity index (χ3n) is 4.56. The fraction of sp³-hybridized carbons (Fsp3) is 0.533. The van der Waals surface area contributed by atoms with Crippen LogP contribution in [0.15, 0.2) is 36.0 Å². The Labute approximate surface area is 96.9 Å². The summed E-state index contributed by atoms with van der Waals surface area (Å²) in [6, 6.07) is 0. The van der Waals surface area contributed by atoms with Gasteiger partial charge in [0.1, 0.15) is 0 Å². The number of hydrogen-bond donors (Lipinski definition) is 0. The van der Waals surface area contributed by atoms with Crippen molar-refractivity contribution < 1.29 is 4.79 Å². The van der Waals surface area contributed by atoms with E-state index in [0.29, 0.717) is 23.0 Å². The molecule has 16 heavy (non-hydrogen) atoms. The Balaban J connectivity index is 2.02. The highest BCUT2D eigenvalue weighted by Gasteiger charge is 2.42. The lowest BCUT2D eigenvalue weighted by molar-refractivity contribution is -0.115. The Hall–Kier alpha value is -1.11. The number of carbonyl (C=O) groups is 1. The van der Waals surface area contributed by atoms with Crippen LogP contribution in [0.1, 0.15) is 32.6 Å². The minimum atomic E-state index is 0.311. The van der Waals surface area contributed by atoms with Crippen LogP contribution < -0.4 is 0 Å². The molecule has 84 valence electrons. The molecule has 0 saturated carbocycles. The molecule has 0 fully saturated rings. The van der Waals surface area contributed by atoms with Crippen molar-refractivity contribution in [3.63, 3.8) is 0 Å². The fourth-order valence-corrected chi connectivity index (χ4v) is 3.54. The highest BCUT2D eigenvalue weighted by Crippen LogP contribution is 2.51. The van der Waals surface area contributed by atoms with Gasteiger partial charge in [0, 0.05) is 6.42 Å². The zero-order valence-corrected chi connectivity index (χ0v) is 9.78. The molecule has 3 aliphatic rings. The Morgan fingerprint density at radius 3 is 3.12 bits per heavy atom. The van der Waals surface area contributed by atoms with Crippen molar-refractivity contribution in [3.8, 4) is 0 Å². The topological polar surface area (TPSA) is 17.1 Å². The van der Waals surface area contributed by atoms with Crippen molar-refractivity contribution in [1.82, 2.24) is 0 Å². The highest BCUT2D eigenvalue weighted by atomic mass is 16.1. The number of hydrogen-bond acceptors (Lipinski definition) is 1. The van der Waals surface area contributed by atoms with E-state index in [-0.39, 0.29) is 0 Å². The standard InChI is InChI=1S/C15H18O/c1-15-8-3-2-4-14(15)13-6-5-12(16)10-11(13)7-9-15/h2-3,7,9-10,13-14H,4-6,8H2,1H3/t13-,14-,15-/m1/s1. The van der Waals surface area contributed by atoms with Gasteiger partial charge in [-0.25, -0.2) is 0 Å². The van der Waals surface area contributed by atoms with Crippen molar-refractivity contribution in [2.75, 3.05) is 0 Å². The zero-order chi connectivity index (χ0) is 11.2. The van der Waals surface area contributed by atoms with Crippen LogP contribution in [0.2, 0.25) is 0 Å². The van der Waals surface area contributed by atoms with Crippen LogP contribution in [0.4, 0.5) is 0 Å². The third kappa shape index (κ3) is 1.41. The second-order valence-electron chi connectivity index (χ2n) is 5.61. The van der Waals surface area contributed by atoms with Crippen LogP contribution in [0.5, 0.6) is 0 Å². The molecule has 3 aliphatic carbocycles. The maximum atomic E-state index is 11.4.